The third kappa shape index (κ3) is 7.31. The molecule has 280 valence electrons. The van der Waals surface area contributed by atoms with Gasteiger partial charge in [-0.15, -0.1) is 0 Å². The first kappa shape index (κ1) is 37.4. The van der Waals surface area contributed by atoms with Crippen LogP contribution >= 0.6 is 0 Å². The third-order valence-corrected chi connectivity index (χ3v) is 10.9. The number of halogens is 6. The summed E-state index contributed by atoms with van der Waals surface area (Å²) in [6.07, 6.45) is -11.2. The second kappa shape index (κ2) is 13.5. The Bertz CT molecular complexity index is 2200. The molecule has 2 aliphatic rings. The summed E-state index contributed by atoms with van der Waals surface area (Å²) in [5, 5.41) is 9.42. The molecule has 1 amide bonds. The van der Waals surface area contributed by atoms with Gasteiger partial charge in [0.1, 0.15) is 11.9 Å². The lowest BCUT2D eigenvalue weighted by molar-refractivity contribution is -0.143. The van der Waals surface area contributed by atoms with E-state index in [2.05, 4.69) is 9.97 Å². The molecule has 2 saturated heterocycles. The Morgan fingerprint density at radius 2 is 1.66 bits per heavy atom. The summed E-state index contributed by atoms with van der Waals surface area (Å²) in [5.41, 5.74) is -0.977. The quantitative estimate of drug-likeness (QED) is 0.181. The van der Waals surface area contributed by atoms with Gasteiger partial charge in [-0.05, 0) is 85.0 Å². The van der Waals surface area contributed by atoms with Crippen LogP contribution in [-0.2, 0) is 33.7 Å². The Morgan fingerprint density at radius 3 is 2.23 bits per heavy atom. The van der Waals surface area contributed by atoms with Crippen molar-refractivity contribution >= 4 is 28.0 Å². The van der Waals surface area contributed by atoms with Crippen molar-refractivity contribution in [2.45, 2.75) is 51.3 Å². The van der Waals surface area contributed by atoms with Crippen molar-refractivity contribution in [2.75, 3.05) is 23.7 Å². The molecule has 1 N–H and O–H groups in total. The van der Waals surface area contributed by atoms with Crippen molar-refractivity contribution in [3.63, 3.8) is 0 Å². The van der Waals surface area contributed by atoms with E-state index in [9.17, 15) is 49.5 Å². The molecule has 0 saturated carbocycles. The van der Waals surface area contributed by atoms with Gasteiger partial charge in [-0.2, -0.15) is 26.3 Å². The fourth-order valence-corrected chi connectivity index (χ4v) is 7.87. The second-order valence-corrected chi connectivity index (χ2v) is 14.5. The average Bonchev–Trinajstić information content (AvgIpc) is 3.59. The van der Waals surface area contributed by atoms with Crippen molar-refractivity contribution in [3.05, 3.63) is 94.3 Å². The van der Waals surface area contributed by atoms with Gasteiger partial charge in [-0.3, -0.25) is 4.90 Å². The molecule has 0 bridgehead atoms. The molecule has 18 heteroatoms. The second-order valence-electron chi connectivity index (χ2n) is 12.5. The van der Waals surface area contributed by atoms with E-state index in [1.165, 1.54) is 32.4 Å². The Kier molecular flexibility index (Phi) is 9.55. The third-order valence-electron chi connectivity index (χ3n) is 9.10. The highest BCUT2D eigenvalue weighted by molar-refractivity contribution is 7.93. The molecule has 11 nitrogen and oxygen atoms in total. The van der Waals surface area contributed by atoms with Gasteiger partial charge in [-0.1, -0.05) is 12.1 Å². The number of aromatic carboxylic acids is 1. The van der Waals surface area contributed by atoms with Crippen LogP contribution in [0.2, 0.25) is 0 Å². The summed E-state index contributed by atoms with van der Waals surface area (Å²) < 4.78 is 120. The van der Waals surface area contributed by atoms with E-state index in [0.717, 1.165) is 9.21 Å². The van der Waals surface area contributed by atoms with Crippen LogP contribution in [0.25, 0.3) is 22.3 Å². The molecule has 1 aromatic heterocycles. The number of rotatable bonds is 8. The Labute approximate surface area is 298 Å². The van der Waals surface area contributed by atoms with Crippen LogP contribution in [0.5, 0.6) is 5.75 Å². The maximum Gasteiger partial charge on any atom is 0.416 e. The highest BCUT2D eigenvalue weighted by Crippen LogP contribution is 2.43. The monoisotopic (exact) mass is 764 g/mol. The van der Waals surface area contributed by atoms with Crippen LogP contribution in [0.1, 0.15) is 57.8 Å². The number of carboxylic acid groups (broad SMARTS) is 1. The first-order valence-corrected chi connectivity index (χ1v) is 17.5. The highest BCUT2D eigenvalue weighted by atomic mass is 32.2. The van der Waals surface area contributed by atoms with E-state index in [4.69, 9.17) is 9.47 Å². The Hall–Kier alpha value is -5.39. The molecule has 2 fully saturated rings. The van der Waals surface area contributed by atoms with Crippen LogP contribution in [0.4, 0.5) is 37.1 Å². The summed E-state index contributed by atoms with van der Waals surface area (Å²) in [6, 6.07) is 9.48. The fourth-order valence-electron chi connectivity index (χ4n) is 6.41. The summed E-state index contributed by atoms with van der Waals surface area (Å²) >= 11 is 0. The van der Waals surface area contributed by atoms with Gasteiger partial charge < -0.3 is 14.6 Å². The zero-order valence-electron chi connectivity index (χ0n) is 28.1. The summed E-state index contributed by atoms with van der Waals surface area (Å²) in [5.74, 6) is -1.17. The van der Waals surface area contributed by atoms with Crippen LogP contribution in [0.3, 0.4) is 0 Å². The zero-order chi connectivity index (χ0) is 38.6. The molecule has 2 atom stereocenters. The molecule has 0 radical (unpaired) electrons. The lowest BCUT2D eigenvalue weighted by Gasteiger charge is -2.24. The topological polar surface area (TPSA) is 139 Å². The number of methoxy groups -OCH3 is 1. The van der Waals surface area contributed by atoms with Crippen molar-refractivity contribution in [1.29, 1.82) is 0 Å². The smallest absolute Gasteiger partial charge is 0.416 e. The van der Waals surface area contributed by atoms with Crippen LogP contribution in [0, 0.1) is 6.92 Å². The number of carbonyl (C=O) groups is 2. The predicted octanol–water partition coefficient (Wildman–Crippen LogP) is 7.49. The van der Waals surface area contributed by atoms with E-state index in [0.29, 0.717) is 46.6 Å². The maximum absolute atomic E-state index is 13.7. The number of aromatic nitrogens is 2. The van der Waals surface area contributed by atoms with E-state index in [1.54, 1.807) is 31.2 Å². The van der Waals surface area contributed by atoms with Crippen molar-refractivity contribution < 1.29 is 58.9 Å². The predicted molar refractivity (Wildman–Crippen MR) is 178 cm³/mol. The number of alkyl halides is 6. The van der Waals surface area contributed by atoms with Gasteiger partial charge in [0.25, 0.3) is 0 Å². The van der Waals surface area contributed by atoms with Crippen LogP contribution < -0.4 is 9.04 Å². The number of benzene rings is 3. The van der Waals surface area contributed by atoms with Crippen LogP contribution in [-0.4, -0.2) is 65.9 Å². The minimum absolute atomic E-state index is 0.0205. The fraction of sp³-hybridized carbons (Fsp3) is 0.314. The van der Waals surface area contributed by atoms with Gasteiger partial charge in [0.15, 0.2) is 0 Å². The zero-order valence-corrected chi connectivity index (χ0v) is 28.9. The number of ether oxygens (including phenoxy) is 2. The standard InChI is InChI=1S/C35H30F6N4O7S/c1-18-11-21(31(46)47)5-7-25(18)20-6-8-29(51-3)26(14-20)27-16-42-32(45-9-4-10-53(45,49)50)43-28(27)17-44-19(2)30(52-33(44)48)22-12-23(34(36,37)38)15-24(13-22)35(39,40)41/h5-8,11-16,19,30H,4,9-10,17H2,1-3H3,(H,46,47)/t19-,30-/m0/s1. The van der Waals surface area contributed by atoms with Gasteiger partial charge >= 0.3 is 24.4 Å². The Balaban J connectivity index is 1.45. The van der Waals surface area contributed by atoms with Gasteiger partial charge in [-0.25, -0.2) is 32.3 Å². The number of sulfonamides is 1. The minimum Gasteiger partial charge on any atom is -0.496 e. The number of cyclic esters (lactones) is 1. The number of anilines is 1. The molecule has 6 rings (SSSR count). The van der Waals surface area contributed by atoms with Gasteiger partial charge in [0.2, 0.25) is 16.0 Å². The van der Waals surface area contributed by atoms with E-state index < -0.39 is 69.8 Å². The SMILES string of the molecule is COc1ccc(-c2ccc(C(=O)O)cc2C)cc1-c1cnc(N2CCCS2(=O)=O)nc1CN1C(=O)O[C@H](c2cc(C(F)(F)F)cc(C(F)(F)F)c2)[C@@H]1C. The maximum atomic E-state index is 13.7. The summed E-state index contributed by atoms with van der Waals surface area (Å²) in [7, 11) is -2.38. The molecule has 2 aliphatic heterocycles. The first-order valence-electron chi connectivity index (χ1n) is 15.9. The largest absolute Gasteiger partial charge is 0.496 e. The molecular formula is C35H30F6N4O7S. The summed E-state index contributed by atoms with van der Waals surface area (Å²) in [6.45, 7) is 2.76. The first-order chi connectivity index (χ1) is 24.8. The molecule has 4 aromatic rings. The number of hydrogen-bond donors (Lipinski definition) is 1. The number of aryl methyl sites for hydroxylation is 1. The van der Waals surface area contributed by atoms with E-state index in [-0.39, 0.29) is 41.1 Å². The minimum atomic E-state index is -5.13. The number of hydrogen-bond acceptors (Lipinski definition) is 8. The number of carbonyl (C=O) groups excluding carboxylic acids is 1. The van der Waals surface area contributed by atoms with Crippen molar-refractivity contribution in [1.82, 2.24) is 14.9 Å². The molecule has 3 heterocycles. The molecule has 0 spiro atoms. The number of carboxylic acids is 1. The Morgan fingerprint density at radius 1 is 0.981 bits per heavy atom. The molecule has 3 aromatic carbocycles. The van der Waals surface area contributed by atoms with E-state index in [1.807, 2.05) is 0 Å². The van der Waals surface area contributed by atoms with Gasteiger partial charge in [0, 0.05) is 23.9 Å². The van der Waals surface area contributed by atoms with Gasteiger partial charge in [0.05, 0.1) is 47.8 Å². The lowest BCUT2D eigenvalue weighted by atomic mass is 9.94. The average molecular weight is 765 g/mol. The summed E-state index contributed by atoms with van der Waals surface area (Å²) in [4.78, 5) is 34.8. The van der Waals surface area contributed by atoms with Crippen LogP contribution in [0.15, 0.2) is 60.8 Å². The molecule has 53 heavy (non-hydrogen) atoms. The molecule has 0 aliphatic carbocycles. The van der Waals surface area contributed by atoms with Crippen molar-refractivity contribution in [3.8, 4) is 28.0 Å². The normalized spacial score (nSPS) is 18.7. The number of nitrogens with zero attached hydrogens (tertiary/aromatic N) is 4. The molecule has 0 unspecified atom stereocenters. The van der Waals surface area contributed by atoms with E-state index >= 15 is 0 Å². The highest BCUT2D eigenvalue weighted by Gasteiger charge is 2.44. The lowest BCUT2D eigenvalue weighted by Crippen LogP contribution is -2.33. The van der Waals surface area contributed by atoms with Crippen molar-refractivity contribution in [2.24, 2.45) is 0 Å². The molecular weight excluding hydrogens is 734 g/mol. The number of amides is 1.